The van der Waals surface area contributed by atoms with Crippen LogP contribution in [0.5, 0.6) is 0 Å². The SMILES string of the molecule is CN(C)C(C)(C)CNc1nsnc1Cl. The molecule has 0 aliphatic heterocycles. The molecule has 80 valence electrons. The van der Waals surface area contributed by atoms with Crippen molar-refractivity contribution in [2.45, 2.75) is 19.4 Å². The maximum atomic E-state index is 5.81. The Bertz CT molecular complexity index is 297. The van der Waals surface area contributed by atoms with E-state index in [0.29, 0.717) is 11.0 Å². The minimum atomic E-state index is 0.0624. The van der Waals surface area contributed by atoms with E-state index in [1.54, 1.807) is 0 Å². The number of rotatable bonds is 4. The Labute approximate surface area is 93.6 Å². The van der Waals surface area contributed by atoms with Crippen molar-refractivity contribution in [2.75, 3.05) is 26.0 Å². The molecule has 1 aromatic heterocycles. The lowest BCUT2D eigenvalue weighted by Crippen LogP contribution is -2.44. The highest BCUT2D eigenvalue weighted by Gasteiger charge is 2.20. The third-order valence-corrected chi connectivity index (χ3v) is 3.24. The Morgan fingerprint density at radius 2 is 2.07 bits per heavy atom. The first-order chi connectivity index (χ1) is 6.43. The van der Waals surface area contributed by atoms with Gasteiger partial charge in [-0.3, -0.25) is 0 Å². The number of hydrogen-bond donors (Lipinski definition) is 1. The second-order valence-electron chi connectivity index (χ2n) is 3.96. The van der Waals surface area contributed by atoms with Gasteiger partial charge < -0.3 is 10.2 Å². The number of halogens is 1. The number of hydrogen-bond acceptors (Lipinski definition) is 5. The van der Waals surface area contributed by atoms with E-state index >= 15 is 0 Å². The van der Waals surface area contributed by atoms with E-state index in [1.165, 1.54) is 0 Å². The highest BCUT2D eigenvalue weighted by atomic mass is 35.5. The molecule has 0 atom stereocenters. The van der Waals surface area contributed by atoms with E-state index in [9.17, 15) is 0 Å². The number of anilines is 1. The van der Waals surface area contributed by atoms with Crippen LogP contribution in [0.15, 0.2) is 0 Å². The van der Waals surface area contributed by atoms with Crippen molar-refractivity contribution in [1.82, 2.24) is 13.6 Å². The molecule has 0 aliphatic carbocycles. The van der Waals surface area contributed by atoms with E-state index in [-0.39, 0.29) is 5.54 Å². The Balaban J connectivity index is 2.53. The van der Waals surface area contributed by atoms with Crippen molar-refractivity contribution in [3.63, 3.8) is 0 Å². The molecule has 0 fully saturated rings. The maximum Gasteiger partial charge on any atom is 0.186 e. The summed E-state index contributed by atoms with van der Waals surface area (Å²) in [7, 11) is 4.09. The maximum absolute atomic E-state index is 5.81. The molecule has 0 amide bonds. The smallest absolute Gasteiger partial charge is 0.186 e. The first-order valence-electron chi connectivity index (χ1n) is 4.33. The van der Waals surface area contributed by atoms with Crippen molar-refractivity contribution < 1.29 is 0 Å². The zero-order valence-corrected chi connectivity index (χ0v) is 10.4. The number of nitrogens with one attached hydrogen (secondary N) is 1. The van der Waals surface area contributed by atoms with E-state index in [2.05, 4.69) is 32.8 Å². The van der Waals surface area contributed by atoms with Gasteiger partial charge in [0.1, 0.15) is 0 Å². The van der Waals surface area contributed by atoms with Crippen molar-refractivity contribution >= 4 is 29.1 Å². The topological polar surface area (TPSA) is 41.0 Å². The standard InChI is InChI=1S/C8H15ClN4S/c1-8(2,13(3)4)5-10-7-6(9)11-14-12-7/h5H2,1-4H3,(H,10,12). The van der Waals surface area contributed by atoms with E-state index in [1.807, 2.05) is 14.1 Å². The van der Waals surface area contributed by atoms with Gasteiger partial charge >= 0.3 is 0 Å². The van der Waals surface area contributed by atoms with E-state index < -0.39 is 0 Å². The average molecular weight is 235 g/mol. The van der Waals surface area contributed by atoms with Crippen LogP contribution in [-0.4, -0.2) is 39.8 Å². The molecule has 0 aromatic carbocycles. The molecule has 4 nitrogen and oxygen atoms in total. The van der Waals surface area contributed by atoms with Gasteiger partial charge in [-0.05, 0) is 27.9 Å². The third kappa shape index (κ3) is 2.80. The monoisotopic (exact) mass is 234 g/mol. The molecule has 1 heterocycles. The van der Waals surface area contributed by atoms with Gasteiger partial charge in [-0.15, -0.1) is 0 Å². The fraction of sp³-hybridized carbons (Fsp3) is 0.750. The highest BCUT2D eigenvalue weighted by molar-refractivity contribution is 6.99. The van der Waals surface area contributed by atoms with E-state index in [4.69, 9.17) is 11.6 Å². The molecular weight excluding hydrogens is 220 g/mol. The summed E-state index contributed by atoms with van der Waals surface area (Å²) in [5.41, 5.74) is 0.0624. The predicted molar refractivity (Wildman–Crippen MR) is 61.2 cm³/mol. The van der Waals surface area contributed by atoms with Gasteiger partial charge in [0.25, 0.3) is 0 Å². The number of aromatic nitrogens is 2. The van der Waals surface area contributed by atoms with Gasteiger partial charge in [-0.2, -0.15) is 8.75 Å². The van der Waals surface area contributed by atoms with Crippen LogP contribution < -0.4 is 5.32 Å². The lowest BCUT2D eigenvalue weighted by Gasteiger charge is -2.32. The van der Waals surface area contributed by atoms with Crippen LogP contribution in [0.25, 0.3) is 0 Å². The van der Waals surface area contributed by atoms with Crippen LogP contribution >= 0.6 is 23.3 Å². The normalized spacial score (nSPS) is 12.1. The lowest BCUT2D eigenvalue weighted by atomic mass is 10.0. The summed E-state index contributed by atoms with van der Waals surface area (Å²) in [4.78, 5) is 2.15. The molecule has 6 heteroatoms. The molecule has 0 spiro atoms. The molecule has 0 saturated carbocycles. The fourth-order valence-electron chi connectivity index (χ4n) is 0.741. The van der Waals surface area contributed by atoms with Crippen molar-refractivity contribution in [3.05, 3.63) is 5.15 Å². The van der Waals surface area contributed by atoms with Crippen LogP contribution in [0.2, 0.25) is 5.15 Å². The molecule has 0 radical (unpaired) electrons. The van der Waals surface area contributed by atoms with Gasteiger partial charge in [0.05, 0.1) is 11.7 Å². The van der Waals surface area contributed by atoms with Crippen LogP contribution in [0, 0.1) is 0 Å². The molecule has 1 aromatic rings. The molecule has 0 bridgehead atoms. The Morgan fingerprint density at radius 1 is 1.43 bits per heavy atom. The van der Waals surface area contributed by atoms with Crippen LogP contribution in [0.1, 0.15) is 13.8 Å². The molecule has 1 rings (SSSR count). The van der Waals surface area contributed by atoms with Gasteiger partial charge in [-0.25, -0.2) is 0 Å². The van der Waals surface area contributed by atoms with Gasteiger partial charge in [0.2, 0.25) is 0 Å². The first-order valence-corrected chi connectivity index (χ1v) is 5.43. The number of nitrogens with zero attached hydrogens (tertiary/aromatic N) is 3. The van der Waals surface area contributed by atoms with E-state index in [0.717, 1.165) is 18.3 Å². The summed E-state index contributed by atoms with van der Waals surface area (Å²) in [5.74, 6) is 0.673. The second-order valence-corrected chi connectivity index (χ2v) is 4.85. The quantitative estimate of drug-likeness (QED) is 0.865. The molecule has 1 N–H and O–H groups in total. The summed E-state index contributed by atoms with van der Waals surface area (Å²) >= 11 is 6.93. The van der Waals surface area contributed by atoms with Crippen molar-refractivity contribution in [3.8, 4) is 0 Å². The fourth-order valence-corrected chi connectivity index (χ4v) is 1.42. The number of likely N-dealkylation sites (N-methyl/N-ethyl adjacent to an activating group) is 1. The van der Waals surface area contributed by atoms with Gasteiger partial charge in [-0.1, -0.05) is 11.6 Å². The Hall–Kier alpha value is -0.390. The average Bonchev–Trinajstić information content (AvgIpc) is 2.47. The lowest BCUT2D eigenvalue weighted by molar-refractivity contribution is 0.210. The molecule has 0 aliphatic rings. The molecular formula is C8H15ClN4S. The minimum Gasteiger partial charge on any atom is -0.365 e. The van der Waals surface area contributed by atoms with Gasteiger partial charge in [0.15, 0.2) is 11.0 Å². The second kappa shape index (κ2) is 4.42. The van der Waals surface area contributed by atoms with Crippen molar-refractivity contribution in [1.29, 1.82) is 0 Å². The molecule has 0 saturated heterocycles. The van der Waals surface area contributed by atoms with Crippen molar-refractivity contribution in [2.24, 2.45) is 0 Å². The summed E-state index contributed by atoms with van der Waals surface area (Å²) in [6.07, 6.45) is 0. The molecule has 0 unspecified atom stereocenters. The third-order valence-electron chi connectivity index (χ3n) is 2.35. The van der Waals surface area contributed by atoms with Gasteiger partial charge in [0, 0.05) is 12.1 Å². The van der Waals surface area contributed by atoms with Crippen LogP contribution in [0.4, 0.5) is 5.82 Å². The minimum absolute atomic E-state index is 0.0624. The first kappa shape index (κ1) is 11.7. The highest BCUT2D eigenvalue weighted by Crippen LogP contribution is 2.19. The summed E-state index contributed by atoms with van der Waals surface area (Å²) < 4.78 is 7.93. The zero-order valence-electron chi connectivity index (χ0n) is 8.83. The molecule has 14 heavy (non-hydrogen) atoms. The largest absolute Gasteiger partial charge is 0.365 e. The zero-order chi connectivity index (χ0) is 10.8. The Kier molecular flexibility index (Phi) is 3.69. The summed E-state index contributed by atoms with van der Waals surface area (Å²) in [6, 6.07) is 0. The van der Waals surface area contributed by atoms with Crippen LogP contribution in [0.3, 0.4) is 0 Å². The summed E-state index contributed by atoms with van der Waals surface area (Å²) in [6.45, 7) is 5.08. The van der Waals surface area contributed by atoms with Crippen LogP contribution in [-0.2, 0) is 0 Å². The Morgan fingerprint density at radius 3 is 2.50 bits per heavy atom. The summed E-state index contributed by atoms with van der Waals surface area (Å²) in [5, 5.41) is 3.63. The predicted octanol–water partition coefficient (Wildman–Crippen LogP) is 1.94.